The largest absolute Gasteiger partial charge is 0.338 e. The third kappa shape index (κ3) is 4.16. The molecule has 0 bridgehead atoms. The van der Waals surface area contributed by atoms with E-state index < -0.39 is 5.82 Å². The monoisotopic (exact) mass is 230 g/mol. The third-order valence-corrected chi connectivity index (χ3v) is 1.87. The zero-order valence-corrected chi connectivity index (χ0v) is 9.07. The summed E-state index contributed by atoms with van der Waals surface area (Å²) in [4.78, 5) is 11.2. The molecule has 0 aliphatic rings. The van der Waals surface area contributed by atoms with Crippen LogP contribution in [0, 0.1) is 5.82 Å². The molecule has 0 aromatic heterocycles. The Bertz CT molecular complexity index is 337. The maximum absolute atomic E-state index is 12.9. The van der Waals surface area contributed by atoms with E-state index in [1.54, 1.807) is 0 Å². The highest BCUT2D eigenvalue weighted by molar-refractivity contribution is 6.30. The van der Waals surface area contributed by atoms with Crippen molar-refractivity contribution in [2.45, 2.75) is 13.3 Å². The molecular formula is C10H12ClFN2O. The normalized spacial score (nSPS) is 9.80. The molecule has 0 spiro atoms. The number of hydrogen-bond donors (Lipinski definition) is 2. The van der Waals surface area contributed by atoms with Crippen molar-refractivity contribution in [2.24, 2.45) is 0 Å². The molecule has 0 saturated carbocycles. The van der Waals surface area contributed by atoms with E-state index in [2.05, 4.69) is 10.6 Å². The van der Waals surface area contributed by atoms with E-state index in [9.17, 15) is 9.18 Å². The van der Waals surface area contributed by atoms with E-state index in [0.29, 0.717) is 12.2 Å². The van der Waals surface area contributed by atoms with Gasteiger partial charge in [-0.25, -0.2) is 9.18 Å². The number of nitrogens with one attached hydrogen (secondary N) is 2. The molecule has 0 fully saturated rings. The molecule has 5 heteroatoms. The summed E-state index contributed by atoms with van der Waals surface area (Å²) >= 11 is 5.63. The molecule has 82 valence electrons. The van der Waals surface area contributed by atoms with Gasteiger partial charge in [-0.3, -0.25) is 0 Å². The lowest BCUT2D eigenvalue weighted by Crippen LogP contribution is -2.29. The fourth-order valence-electron chi connectivity index (χ4n) is 1.04. The first kappa shape index (κ1) is 11.8. The van der Waals surface area contributed by atoms with Gasteiger partial charge in [-0.05, 0) is 24.6 Å². The van der Waals surface area contributed by atoms with Crippen LogP contribution in [0.1, 0.15) is 13.3 Å². The Hall–Kier alpha value is -1.29. The lowest BCUT2D eigenvalue weighted by Gasteiger charge is -2.06. The number of urea groups is 1. The summed E-state index contributed by atoms with van der Waals surface area (Å²) in [5.74, 6) is -0.478. The molecule has 0 aliphatic heterocycles. The second-order valence-corrected chi connectivity index (χ2v) is 3.48. The minimum atomic E-state index is -0.478. The minimum Gasteiger partial charge on any atom is -0.338 e. The molecule has 1 aromatic carbocycles. The van der Waals surface area contributed by atoms with E-state index in [1.165, 1.54) is 18.2 Å². The first-order valence-corrected chi connectivity index (χ1v) is 5.00. The molecule has 0 atom stereocenters. The first-order valence-electron chi connectivity index (χ1n) is 4.62. The first-order chi connectivity index (χ1) is 7.11. The summed E-state index contributed by atoms with van der Waals surface area (Å²) in [5.41, 5.74) is 0.341. The minimum absolute atomic E-state index is 0.251. The highest BCUT2D eigenvalue weighted by Crippen LogP contribution is 2.17. The van der Waals surface area contributed by atoms with Gasteiger partial charge in [0.1, 0.15) is 5.82 Å². The average molecular weight is 231 g/mol. The van der Waals surface area contributed by atoms with Gasteiger partial charge in [-0.1, -0.05) is 18.5 Å². The molecular weight excluding hydrogens is 219 g/mol. The number of carbonyl (C=O) groups excluding carboxylic acids is 1. The fraction of sp³-hybridized carbons (Fsp3) is 0.300. The maximum atomic E-state index is 12.9. The summed E-state index contributed by atoms with van der Waals surface area (Å²) in [6, 6.07) is 3.50. The van der Waals surface area contributed by atoms with Gasteiger partial charge in [0, 0.05) is 17.3 Å². The Morgan fingerprint density at radius 3 is 2.80 bits per heavy atom. The molecule has 0 heterocycles. The second kappa shape index (κ2) is 5.56. The molecule has 0 unspecified atom stereocenters. The van der Waals surface area contributed by atoms with Gasteiger partial charge in [0.25, 0.3) is 0 Å². The van der Waals surface area contributed by atoms with Crippen LogP contribution >= 0.6 is 11.6 Å². The Balaban J connectivity index is 2.60. The van der Waals surface area contributed by atoms with Crippen LogP contribution in [0.5, 0.6) is 0 Å². The Kier molecular flexibility index (Phi) is 4.37. The molecule has 0 saturated heterocycles. The maximum Gasteiger partial charge on any atom is 0.319 e. The van der Waals surface area contributed by atoms with Crippen molar-refractivity contribution in [1.29, 1.82) is 0 Å². The van der Waals surface area contributed by atoms with Crippen molar-refractivity contribution in [1.82, 2.24) is 5.32 Å². The predicted molar refractivity (Wildman–Crippen MR) is 58.7 cm³/mol. The average Bonchev–Trinajstić information content (AvgIpc) is 2.13. The summed E-state index contributed by atoms with van der Waals surface area (Å²) in [5, 5.41) is 5.34. The Labute approximate surface area is 92.6 Å². The van der Waals surface area contributed by atoms with E-state index in [0.717, 1.165) is 6.42 Å². The second-order valence-electron chi connectivity index (χ2n) is 3.04. The van der Waals surface area contributed by atoms with Crippen LogP contribution in [-0.4, -0.2) is 12.6 Å². The van der Waals surface area contributed by atoms with Crippen molar-refractivity contribution in [2.75, 3.05) is 11.9 Å². The quantitative estimate of drug-likeness (QED) is 0.824. The van der Waals surface area contributed by atoms with Gasteiger partial charge in [0.05, 0.1) is 0 Å². The fourth-order valence-corrected chi connectivity index (χ4v) is 1.26. The summed E-state index contributed by atoms with van der Waals surface area (Å²) < 4.78 is 12.9. The lowest BCUT2D eigenvalue weighted by molar-refractivity contribution is 0.252. The van der Waals surface area contributed by atoms with Crippen molar-refractivity contribution in [3.8, 4) is 0 Å². The van der Waals surface area contributed by atoms with Gasteiger partial charge in [-0.2, -0.15) is 0 Å². The van der Waals surface area contributed by atoms with Crippen LogP contribution in [0.4, 0.5) is 14.9 Å². The summed E-state index contributed by atoms with van der Waals surface area (Å²) in [6.45, 7) is 2.52. The predicted octanol–water partition coefficient (Wildman–Crippen LogP) is 3.01. The third-order valence-electron chi connectivity index (χ3n) is 1.66. The number of carbonyl (C=O) groups is 1. The number of benzene rings is 1. The van der Waals surface area contributed by atoms with E-state index in [1.807, 2.05) is 6.92 Å². The van der Waals surface area contributed by atoms with Gasteiger partial charge < -0.3 is 10.6 Å². The van der Waals surface area contributed by atoms with Crippen LogP contribution < -0.4 is 10.6 Å². The van der Waals surface area contributed by atoms with Crippen molar-refractivity contribution < 1.29 is 9.18 Å². The number of rotatable bonds is 3. The highest BCUT2D eigenvalue weighted by atomic mass is 35.5. The molecule has 1 rings (SSSR count). The SMILES string of the molecule is CCCNC(=O)Nc1cc(F)cc(Cl)c1. The van der Waals surface area contributed by atoms with Crippen molar-refractivity contribution in [3.05, 3.63) is 29.0 Å². The molecule has 2 N–H and O–H groups in total. The van der Waals surface area contributed by atoms with Gasteiger partial charge in [0.2, 0.25) is 0 Å². The van der Waals surface area contributed by atoms with Gasteiger partial charge >= 0.3 is 6.03 Å². The number of amides is 2. The molecule has 0 aliphatic carbocycles. The van der Waals surface area contributed by atoms with Crippen LogP contribution in [0.3, 0.4) is 0 Å². The molecule has 2 amide bonds. The standard InChI is InChI=1S/C10H12ClFN2O/c1-2-3-13-10(15)14-9-5-7(11)4-8(12)6-9/h4-6H,2-3H2,1H3,(H2,13,14,15). The number of halogens is 2. The van der Waals surface area contributed by atoms with E-state index >= 15 is 0 Å². The Morgan fingerprint density at radius 1 is 1.47 bits per heavy atom. The van der Waals surface area contributed by atoms with Crippen LogP contribution in [-0.2, 0) is 0 Å². The van der Waals surface area contributed by atoms with E-state index in [-0.39, 0.29) is 11.1 Å². The summed E-state index contributed by atoms with van der Waals surface area (Å²) in [6.07, 6.45) is 0.845. The van der Waals surface area contributed by atoms with Crippen LogP contribution in [0.2, 0.25) is 5.02 Å². The van der Waals surface area contributed by atoms with Gasteiger partial charge in [0.15, 0.2) is 0 Å². The Morgan fingerprint density at radius 2 is 2.20 bits per heavy atom. The zero-order valence-electron chi connectivity index (χ0n) is 8.31. The van der Waals surface area contributed by atoms with Crippen molar-refractivity contribution in [3.63, 3.8) is 0 Å². The highest BCUT2D eigenvalue weighted by Gasteiger charge is 2.03. The lowest BCUT2D eigenvalue weighted by atomic mass is 10.3. The number of hydrogen-bond acceptors (Lipinski definition) is 1. The molecule has 15 heavy (non-hydrogen) atoms. The van der Waals surface area contributed by atoms with Crippen molar-refractivity contribution >= 4 is 23.3 Å². The van der Waals surface area contributed by atoms with Gasteiger partial charge in [-0.15, -0.1) is 0 Å². The summed E-state index contributed by atoms with van der Waals surface area (Å²) in [7, 11) is 0. The van der Waals surface area contributed by atoms with Crippen LogP contribution in [0.15, 0.2) is 18.2 Å². The molecule has 0 radical (unpaired) electrons. The number of anilines is 1. The zero-order chi connectivity index (χ0) is 11.3. The van der Waals surface area contributed by atoms with E-state index in [4.69, 9.17) is 11.6 Å². The smallest absolute Gasteiger partial charge is 0.319 e. The molecule has 3 nitrogen and oxygen atoms in total. The van der Waals surface area contributed by atoms with Crippen LogP contribution in [0.25, 0.3) is 0 Å². The molecule has 1 aromatic rings. The topological polar surface area (TPSA) is 41.1 Å².